The Morgan fingerprint density at radius 1 is 1.00 bits per heavy atom. The maximum absolute atomic E-state index is 13.2. The van der Waals surface area contributed by atoms with Gasteiger partial charge >= 0.3 is 0 Å². The number of aryl methyl sites for hydroxylation is 1. The molecule has 2 amide bonds. The van der Waals surface area contributed by atoms with E-state index in [0.29, 0.717) is 31.4 Å². The maximum atomic E-state index is 13.2. The van der Waals surface area contributed by atoms with E-state index in [9.17, 15) is 9.59 Å². The van der Waals surface area contributed by atoms with E-state index in [1.165, 1.54) is 0 Å². The van der Waals surface area contributed by atoms with Crippen LogP contribution in [0.5, 0.6) is 0 Å². The van der Waals surface area contributed by atoms with Crippen molar-refractivity contribution >= 4 is 17.6 Å². The topological polar surface area (TPSA) is 151 Å². The molecule has 166 valence electrons. The molecule has 8 nitrogen and oxygen atoms in total. The van der Waals surface area contributed by atoms with E-state index in [-0.39, 0.29) is 11.7 Å². The van der Waals surface area contributed by atoms with Gasteiger partial charge in [0.05, 0.1) is 12.2 Å². The monoisotopic (exact) mass is 432 g/mol. The lowest BCUT2D eigenvalue weighted by molar-refractivity contribution is -0.133. The second-order valence-electron chi connectivity index (χ2n) is 7.75. The average Bonchev–Trinajstić information content (AvgIpc) is 3.31. The minimum Gasteiger partial charge on any atom is -0.384 e. The number of hydrogen-bond donors (Lipinski definition) is 5. The summed E-state index contributed by atoms with van der Waals surface area (Å²) in [7, 11) is 0. The zero-order valence-corrected chi connectivity index (χ0v) is 17.8. The number of nitrogens with one attached hydrogen (secondary N) is 3. The second kappa shape index (κ2) is 10.9. The van der Waals surface area contributed by atoms with E-state index >= 15 is 0 Å². The fourth-order valence-corrected chi connectivity index (χ4v) is 3.68. The SMILES string of the molecule is N=C(N)c1ccc(CNC(=O)[C@@H](Cc2cnc[nH]2)C(CCc2ccccc2)C(N)=O)cc1. The first kappa shape index (κ1) is 22.7. The summed E-state index contributed by atoms with van der Waals surface area (Å²) in [6, 6.07) is 16.9. The summed E-state index contributed by atoms with van der Waals surface area (Å²) in [5.74, 6) is -2.01. The van der Waals surface area contributed by atoms with Gasteiger partial charge in [-0.15, -0.1) is 0 Å². The lowest BCUT2D eigenvalue weighted by Crippen LogP contribution is -2.41. The highest BCUT2D eigenvalue weighted by Gasteiger charge is 2.32. The third-order valence-electron chi connectivity index (χ3n) is 5.50. The Labute approximate surface area is 186 Å². The van der Waals surface area contributed by atoms with E-state index in [4.69, 9.17) is 16.9 Å². The van der Waals surface area contributed by atoms with Gasteiger partial charge in [-0.05, 0) is 24.0 Å². The number of primary amides is 1. The molecule has 0 aliphatic heterocycles. The molecule has 2 atom stereocenters. The molecular formula is C24H28N6O2. The molecule has 8 heteroatoms. The third kappa shape index (κ3) is 6.28. The van der Waals surface area contributed by atoms with Gasteiger partial charge in [0.2, 0.25) is 11.8 Å². The Balaban J connectivity index is 1.72. The smallest absolute Gasteiger partial charge is 0.224 e. The molecule has 0 saturated carbocycles. The zero-order valence-electron chi connectivity index (χ0n) is 17.8. The van der Waals surface area contributed by atoms with Gasteiger partial charge in [-0.1, -0.05) is 54.6 Å². The summed E-state index contributed by atoms with van der Waals surface area (Å²) in [4.78, 5) is 32.5. The normalized spacial score (nSPS) is 12.6. The number of amidine groups is 1. The minimum atomic E-state index is -0.631. The van der Waals surface area contributed by atoms with Crippen molar-refractivity contribution in [1.29, 1.82) is 5.41 Å². The van der Waals surface area contributed by atoms with Crippen LogP contribution in [0.2, 0.25) is 0 Å². The predicted octanol–water partition coefficient (Wildman–Crippen LogP) is 1.90. The number of aromatic nitrogens is 2. The van der Waals surface area contributed by atoms with Crippen LogP contribution >= 0.6 is 0 Å². The number of nitrogens with zero attached hydrogens (tertiary/aromatic N) is 1. The van der Waals surface area contributed by atoms with Crippen molar-refractivity contribution in [2.24, 2.45) is 23.3 Å². The van der Waals surface area contributed by atoms with Gasteiger partial charge in [0.1, 0.15) is 5.84 Å². The molecule has 0 aliphatic carbocycles. The van der Waals surface area contributed by atoms with Crippen LogP contribution in [0.3, 0.4) is 0 Å². The molecule has 32 heavy (non-hydrogen) atoms. The van der Waals surface area contributed by atoms with Gasteiger partial charge < -0.3 is 21.8 Å². The maximum Gasteiger partial charge on any atom is 0.224 e. The molecule has 7 N–H and O–H groups in total. The van der Waals surface area contributed by atoms with Crippen LogP contribution in [0.4, 0.5) is 0 Å². The van der Waals surface area contributed by atoms with E-state index in [1.54, 1.807) is 24.7 Å². The predicted molar refractivity (Wildman–Crippen MR) is 123 cm³/mol. The quantitative estimate of drug-likeness (QED) is 0.232. The number of imidazole rings is 1. The first-order valence-electron chi connectivity index (χ1n) is 10.5. The highest BCUT2D eigenvalue weighted by molar-refractivity contribution is 5.94. The Bertz CT molecular complexity index is 1030. The van der Waals surface area contributed by atoms with Crippen LogP contribution in [0, 0.1) is 17.2 Å². The van der Waals surface area contributed by atoms with Crippen LogP contribution in [-0.2, 0) is 29.0 Å². The zero-order chi connectivity index (χ0) is 22.9. The van der Waals surface area contributed by atoms with E-state index in [1.807, 2.05) is 42.5 Å². The molecule has 1 aromatic heterocycles. The second-order valence-corrected chi connectivity index (χ2v) is 7.75. The Kier molecular flexibility index (Phi) is 7.75. The number of hydrogen-bond acceptors (Lipinski definition) is 4. The Morgan fingerprint density at radius 2 is 1.72 bits per heavy atom. The fraction of sp³-hybridized carbons (Fsp3) is 0.250. The molecule has 0 saturated heterocycles. The number of carbonyl (C=O) groups is 2. The lowest BCUT2D eigenvalue weighted by atomic mass is 9.83. The summed E-state index contributed by atoms with van der Waals surface area (Å²) in [6.07, 6.45) is 4.64. The van der Waals surface area contributed by atoms with Gasteiger partial charge in [0.25, 0.3) is 0 Å². The minimum absolute atomic E-state index is 0.0112. The number of aromatic amines is 1. The van der Waals surface area contributed by atoms with E-state index in [0.717, 1.165) is 16.8 Å². The molecule has 3 aromatic rings. The van der Waals surface area contributed by atoms with Crippen LogP contribution < -0.4 is 16.8 Å². The molecule has 0 aliphatic rings. The number of nitrogens with two attached hydrogens (primary N) is 2. The molecular weight excluding hydrogens is 404 g/mol. The standard InChI is InChI=1S/C24H28N6O2/c25-22(26)18-9-6-17(7-10-18)13-29-24(32)21(12-19-14-28-15-30-19)20(23(27)31)11-8-16-4-2-1-3-5-16/h1-7,9-10,14-15,20-21H,8,11-13H2,(H3,25,26)(H2,27,31)(H,28,30)(H,29,32)/t20?,21-/m0/s1. The van der Waals surface area contributed by atoms with Gasteiger partial charge in [0.15, 0.2) is 0 Å². The van der Waals surface area contributed by atoms with Crippen LogP contribution in [-0.4, -0.2) is 27.6 Å². The molecule has 0 fully saturated rings. The molecule has 2 aromatic carbocycles. The number of benzene rings is 2. The van der Waals surface area contributed by atoms with E-state index < -0.39 is 17.7 Å². The van der Waals surface area contributed by atoms with Crippen LogP contribution in [0.1, 0.15) is 28.8 Å². The number of nitrogen functional groups attached to an aromatic ring is 1. The van der Waals surface area contributed by atoms with Crippen molar-refractivity contribution < 1.29 is 9.59 Å². The molecule has 0 spiro atoms. The third-order valence-corrected chi connectivity index (χ3v) is 5.50. The lowest BCUT2D eigenvalue weighted by Gasteiger charge is -2.24. The first-order chi connectivity index (χ1) is 15.4. The number of rotatable bonds is 11. The van der Waals surface area contributed by atoms with Gasteiger partial charge in [-0.25, -0.2) is 4.98 Å². The average molecular weight is 433 g/mol. The fourth-order valence-electron chi connectivity index (χ4n) is 3.68. The Hall–Kier alpha value is -3.94. The van der Waals surface area contributed by atoms with Crippen LogP contribution in [0.25, 0.3) is 0 Å². The van der Waals surface area contributed by atoms with Crippen molar-refractivity contribution in [2.75, 3.05) is 0 Å². The first-order valence-corrected chi connectivity index (χ1v) is 10.5. The van der Waals surface area contributed by atoms with Crippen molar-refractivity contribution in [2.45, 2.75) is 25.8 Å². The van der Waals surface area contributed by atoms with Crippen molar-refractivity contribution in [3.8, 4) is 0 Å². The number of amides is 2. The summed E-state index contributed by atoms with van der Waals surface area (Å²) in [5, 5.41) is 10.4. The molecule has 0 radical (unpaired) electrons. The van der Waals surface area contributed by atoms with Crippen molar-refractivity contribution in [3.63, 3.8) is 0 Å². The number of carbonyl (C=O) groups excluding carboxylic acids is 2. The van der Waals surface area contributed by atoms with Gasteiger partial charge in [-0.3, -0.25) is 15.0 Å². The van der Waals surface area contributed by atoms with Gasteiger partial charge in [0, 0.05) is 36.3 Å². The summed E-state index contributed by atoms with van der Waals surface area (Å²) < 4.78 is 0. The Morgan fingerprint density at radius 3 is 2.31 bits per heavy atom. The highest BCUT2D eigenvalue weighted by atomic mass is 16.2. The van der Waals surface area contributed by atoms with Crippen LogP contribution in [0.15, 0.2) is 67.1 Å². The van der Waals surface area contributed by atoms with Crippen molar-refractivity contribution in [1.82, 2.24) is 15.3 Å². The van der Waals surface area contributed by atoms with Gasteiger partial charge in [-0.2, -0.15) is 0 Å². The highest BCUT2D eigenvalue weighted by Crippen LogP contribution is 2.23. The van der Waals surface area contributed by atoms with Crippen molar-refractivity contribution in [3.05, 3.63) is 89.5 Å². The summed E-state index contributed by atoms with van der Waals surface area (Å²) >= 11 is 0. The largest absolute Gasteiger partial charge is 0.384 e. The molecule has 3 rings (SSSR count). The molecule has 0 bridgehead atoms. The van der Waals surface area contributed by atoms with E-state index in [2.05, 4.69) is 15.3 Å². The summed E-state index contributed by atoms with van der Waals surface area (Å²) in [6.45, 7) is 0.292. The number of H-pyrrole nitrogens is 1. The molecule has 1 unspecified atom stereocenters. The molecule has 1 heterocycles. The summed E-state index contributed by atoms with van der Waals surface area (Å²) in [5.41, 5.74) is 14.6.